The van der Waals surface area contributed by atoms with Crippen LogP contribution in [0.1, 0.15) is 11.4 Å². The molecule has 0 amide bonds. The Morgan fingerprint density at radius 1 is 1.47 bits per heavy atom. The Bertz CT molecular complexity index is 455. The lowest BCUT2D eigenvalue weighted by atomic mass is 10.2. The van der Waals surface area contributed by atoms with E-state index in [1.807, 2.05) is 6.07 Å². The van der Waals surface area contributed by atoms with E-state index in [9.17, 15) is 0 Å². The van der Waals surface area contributed by atoms with Crippen molar-refractivity contribution in [3.63, 3.8) is 0 Å². The van der Waals surface area contributed by atoms with E-state index in [0.29, 0.717) is 0 Å². The molecule has 3 nitrogen and oxygen atoms in total. The van der Waals surface area contributed by atoms with E-state index in [1.165, 1.54) is 10.5 Å². The van der Waals surface area contributed by atoms with E-state index in [4.69, 9.17) is 11.6 Å². The average molecular weight is 240 g/mol. The second-order valence-electron chi connectivity index (χ2n) is 3.16. The van der Waals surface area contributed by atoms with Crippen LogP contribution in [0.3, 0.4) is 0 Å². The number of aryl methyl sites for hydroxylation is 1. The molecule has 0 aliphatic heterocycles. The third kappa shape index (κ3) is 2.97. The molecule has 1 aromatic carbocycles. The molecule has 5 heteroatoms. The minimum Gasteiger partial charge on any atom is -0.261 e. The maximum absolute atomic E-state index is 5.60. The van der Waals surface area contributed by atoms with Crippen molar-refractivity contribution in [1.29, 1.82) is 0 Å². The van der Waals surface area contributed by atoms with Crippen molar-refractivity contribution in [2.45, 2.75) is 17.6 Å². The van der Waals surface area contributed by atoms with Crippen LogP contribution in [0.4, 0.5) is 0 Å². The summed E-state index contributed by atoms with van der Waals surface area (Å²) in [5.74, 6) is 1.55. The fourth-order valence-electron chi connectivity index (χ4n) is 1.19. The Morgan fingerprint density at radius 3 is 3.00 bits per heavy atom. The first-order chi connectivity index (χ1) is 7.24. The topological polar surface area (TPSA) is 41.6 Å². The van der Waals surface area contributed by atoms with Gasteiger partial charge >= 0.3 is 0 Å². The molecule has 15 heavy (non-hydrogen) atoms. The third-order valence-electron chi connectivity index (χ3n) is 1.87. The summed E-state index contributed by atoms with van der Waals surface area (Å²) in [4.78, 5) is 5.25. The summed E-state index contributed by atoms with van der Waals surface area (Å²) < 4.78 is 0. The molecule has 1 aromatic heterocycles. The van der Waals surface area contributed by atoms with Crippen LogP contribution >= 0.6 is 23.4 Å². The summed E-state index contributed by atoms with van der Waals surface area (Å²) in [6, 6.07) is 8.35. The van der Waals surface area contributed by atoms with Gasteiger partial charge in [-0.1, -0.05) is 17.7 Å². The molecule has 1 N–H and O–H groups in total. The van der Waals surface area contributed by atoms with Gasteiger partial charge in [0.15, 0.2) is 0 Å². The molecule has 1 heterocycles. The van der Waals surface area contributed by atoms with Crippen LogP contribution in [-0.2, 0) is 5.75 Å². The van der Waals surface area contributed by atoms with Crippen molar-refractivity contribution >= 4 is 23.4 Å². The number of thioether (sulfide) groups is 1. The highest BCUT2D eigenvalue weighted by Gasteiger charge is 2.01. The van der Waals surface area contributed by atoms with Gasteiger partial charge in [0.05, 0.1) is 5.75 Å². The maximum atomic E-state index is 5.60. The number of rotatable bonds is 3. The van der Waals surface area contributed by atoms with E-state index in [0.717, 1.165) is 11.6 Å². The first-order valence-electron chi connectivity index (χ1n) is 4.50. The van der Waals surface area contributed by atoms with Crippen molar-refractivity contribution in [1.82, 2.24) is 15.2 Å². The molecule has 0 unspecified atom stereocenters. The van der Waals surface area contributed by atoms with E-state index < -0.39 is 0 Å². The molecular weight excluding hydrogens is 230 g/mol. The Hall–Kier alpha value is -1.00. The van der Waals surface area contributed by atoms with E-state index in [1.54, 1.807) is 11.8 Å². The number of benzene rings is 1. The lowest BCUT2D eigenvalue weighted by molar-refractivity contribution is 1.02. The van der Waals surface area contributed by atoms with Gasteiger partial charge in [0, 0.05) is 4.90 Å². The van der Waals surface area contributed by atoms with Gasteiger partial charge in [0.25, 0.3) is 0 Å². The van der Waals surface area contributed by atoms with Crippen molar-refractivity contribution < 1.29 is 0 Å². The number of H-pyrrole nitrogens is 1. The normalized spacial score (nSPS) is 10.5. The number of halogens is 1. The Morgan fingerprint density at radius 2 is 2.33 bits per heavy atom. The van der Waals surface area contributed by atoms with Crippen molar-refractivity contribution in [2.24, 2.45) is 0 Å². The number of hydrogen-bond acceptors (Lipinski definition) is 3. The van der Waals surface area contributed by atoms with Crippen molar-refractivity contribution in [3.8, 4) is 0 Å². The van der Waals surface area contributed by atoms with Gasteiger partial charge in [-0.2, -0.15) is 0 Å². The lowest BCUT2D eigenvalue weighted by Crippen LogP contribution is -1.84. The van der Waals surface area contributed by atoms with Crippen molar-refractivity contribution in [2.75, 3.05) is 0 Å². The standard InChI is InChI=1S/C10H10ClN3S/c1-7-3-2-4-8(5-7)15-6-9-12-10(11)14-13-9/h2-5H,6H2,1H3,(H,12,13,14). The van der Waals surface area contributed by atoms with Crippen LogP contribution in [0.5, 0.6) is 0 Å². The second kappa shape index (κ2) is 4.68. The van der Waals surface area contributed by atoms with Crippen LogP contribution in [0.15, 0.2) is 29.2 Å². The highest BCUT2D eigenvalue weighted by Crippen LogP contribution is 2.22. The highest BCUT2D eigenvalue weighted by molar-refractivity contribution is 7.98. The number of nitrogens with one attached hydrogen (secondary N) is 1. The molecule has 2 rings (SSSR count). The van der Waals surface area contributed by atoms with Crippen LogP contribution in [0.25, 0.3) is 0 Å². The largest absolute Gasteiger partial charge is 0.261 e. The molecule has 0 fully saturated rings. The monoisotopic (exact) mass is 239 g/mol. The zero-order valence-electron chi connectivity index (χ0n) is 8.20. The SMILES string of the molecule is Cc1cccc(SCc2nc(Cl)n[nH]2)c1. The first-order valence-corrected chi connectivity index (χ1v) is 5.86. The van der Waals surface area contributed by atoms with Crippen LogP contribution in [-0.4, -0.2) is 15.2 Å². The Labute approximate surface area is 97.3 Å². The number of hydrogen-bond donors (Lipinski definition) is 1. The molecule has 0 radical (unpaired) electrons. The fraction of sp³-hybridized carbons (Fsp3) is 0.200. The Balaban J connectivity index is 1.99. The third-order valence-corrected chi connectivity index (χ3v) is 3.04. The quantitative estimate of drug-likeness (QED) is 0.837. The minimum absolute atomic E-state index is 0.273. The summed E-state index contributed by atoms with van der Waals surface area (Å²) in [5.41, 5.74) is 1.26. The fourth-order valence-corrected chi connectivity index (χ4v) is 2.21. The summed E-state index contributed by atoms with van der Waals surface area (Å²) in [7, 11) is 0. The molecule has 0 saturated heterocycles. The first kappa shape index (κ1) is 10.5. The highest BCUT2D eigenvalue weighted by atomic mass is 35.5. The van der Waals surface area contributed by atoms with E-state index in [-0.39, 0.29) is 5.28 Å². The number of aromatic nitrogens is 3. The summed E-state index contributed by atoms with van der Waals surface area (Å²) >= 11 is 7.31. The second-order valence-corrected chi connectivity index (χ2v) is 4.54. The summed E-state index contributed by atoms with van der Waals surface area (Å²) in [5, 5.41) is 6.81. The van der Waals surface area contributed by atoms with Gasteiger partial charge in [-0.15, -0.1) is 16.9 Å². The number of nitrogens with zero attached hydrogens (tertiary/aromatic N) is 2. The van der Waals surface area contributed by atoms with Gasteiger partial charge < -0.3 is 0 Å². The molecule has 0 saturated carbocycles. The molecule has 2 aromatic rings. The minimum atomic E-state index is 0.273. The van der Waals surface area contributed by atoms with Gasteiger partial charge in [-0.3, -0.25) is 5.10 Å². The van der Waals surface area contributed by atoms with Crippen LogP contribution in [0.2, 0.25) is 5.28 Å². The molecule has 0 aliphatic rings. The molecule has 78 valence electrons. The molecule has 0 spiro atoms. The smallest absolute Gasteiger partial charge is 0.242 e. The summed E-state index contributed by atoms with van der Waals surface area (Å²) in [6.45, 7) is 2.08. The molecule has 0 atom stereocenters. The average Bonchev–Trinajstić information content (AvgIpc) is 2.62. The summed E-state index contributed by atoms with van der Waals surface area (Å²) in [6.07, 6.45) is 0. The predicted octanol–water partition coefficient (Wildman–Crippen LogP) is 3.06. The zero-order chi connectivity index (χ0) is 10.7. The van der Waals surface area contributed by atoms with Crippen molar-refractivity contribution in [3.05, 3.63) is 40.9 Å². The van der Waals surface area contributed by atoms with Gasteiger partial charge in [-0.05, 0) is 30.7 Å². The van der Waals surface area contributed by atoms with E-state index >= 15 is 0 Å². The van der Waals surface area contributed by atoms with Gasteiger partial charge in [0.1, 0.15) is 5.82 Å². The molecule has 0 bridgehead atoms. The molecule has 0 aliphatic carbocycles. The van der Waals surface area contributed by atoms with Gasteiger partial charge in [-0.25, -0.2) is 4.98 Å². The molecular formula is C10H10ClN3S. The zero-order valence-corrected chi connectivity index (χ0v) is 9.77. The van der Waals surface area contributed by atoms with E-state index in [2.05, 4.69) is 40.3 Å². The number of aromatic amines is 1. The lowest BCUT2D eigenvalue weighted by Gasteiger charge is -1.99. The Kier molecular flexibility index (Phi) is 3.28. The predicted molar refractivity (Wildman–Crippen MR) is 62.1 cm³/mol. The maximum Gasteiger partial charge on any atom is 0.242 e. The van der Waals surface area contributed by atoms with Gasteiger partial charge in [0.2, 0.25) is 5.28 Å². The van der Waals surface area contributed by atoms with Crippen LogP contribution in [0, 0.1) is 6.92 Å². The van der Waals surface area contributed by atoms with Crippen LogP contribution < -0.4 is 0 Å².